The normalized spacial score (nSPS) is 13.3. The maximum atomic E-state index is 14.5. The molecule has 0 unspecified atom stereocenters. The fourth-order valence-electron chi connectivity index (χ4n) is 2.81. The molecule has 2 aromatic rings. The molecule has 0 N–H and O–H groups in total. The van der Waals surface area contributed by atoms with E-state index in [1.54, 1.807) is 0 Å². The van der Waals surface area contributed by atoms with Gasteiger partial charge in [0.15, 0.2) is 11.6 Å². The van der Waals surface area contributed by atoms with Crippen molar-refractivity contribution in [2.45, 2.75) is 19.4 Å². The Hall–Kier alpha value is -2.97. The van der Waals surface area contributed by atoms with E-state index >= 15 is 0 Å². The molecule has 9 heteroatoms. The topological polar surface area (TPSA) is 64.8 Å². The lowest BCUT2D eigenvalue weighted by Gasteiger charge is -2.23. The number of rotatable bonds is 8. The average Bonchev–Trinajstić information content (AvgIpc) is 3.48. The van der Waals surface area contributed by atoms with Gasteiger partial charge in [0.05, 0.1) is 29.9 Å². The van der Waals surface area contributed by atoms with Crippen molar-refractivity contribution in [1.82, 2.24) is 0 Å². The number of nitrogens with zero attached hydrogens (tertiary/aromatic N) is 2. The van der Waals surface area contributed by atoms with E-state index in [-0.39, 0.29) is 29.3 Å². The second kappa shape index (κ2) is 7.95. The zero-order valence-corrected chi connectivity index (χ0v) is 15.4. The molecule has 0 heterocycles. The first kappa shape index (κ1) is 19.8. The molecule has 1 saturated carbocycles. The fourth-order valence-corrected chi connectivity index (χ4v) is 2.81. The van der Waals surface area contributed by atoms with Crippen molar-refractivity contribution >= 4 is 11.4 Å². The number of anilines is 1. The van der Waals surface area contributed by atoms with Crippen molar-refractivity contribution in [2.24, 2.45) is 5.92 Å². The van der Waals surface area contributed by atoms with Crippen LogP contribution < -0.4 is 14.4 Å². The third-order valence-corrected chi connectivity index (χ3v) is 4.58. The molecule has 6 nitrogen and oxygen atoms in total. The average molecular weight is 396 g/mol. The van der Waals surface area contributed by atoms with Crippen molar-refractivity contribution in [3.63, 3.8) is 0 Å². The minimum atomic E-state index is -1.06. The summed E-state index contributed by atoms with van der Waals surface area (Å²) in [7, 11) is 2.79. The molecule has 0 aliphatic heterocycles. The van der Waals surface area contributed by atoms with Gasteiger partial charge in [-0.15, -0.1) is 0 Å². The van der Waals surface area contributed by atoms with Crippen molar-refractivity contribution in [3.05, 3.63) is 57.4 Å². The first-order valence-electron chi connectivity index (χ1n) is 8.64. The van der Waals surface area contributed by atoms with E-state index in [1.165, 1.54) is 25.1 Å². The standard InChI is InChI=1S/C19H19F3N2O4/c1-23(16-8-15(24(25)26)14(21)7-18(16)27-2)9-12-17(28-10-11-3-4-11)6-5-13(20)19(12)22/h5-8,11H,3-4,9-10H2,1-2H3. The monoisotopic (exact) mass is 396 g/mol. The molecule has 1 aliphatic rings. The summed E-state index contributed by atoms with van der Waals surface area (Å²) in [6.45, 7) is 0.246. The molecule has 0 aromatic heterocycles. The molecule has 0 saturated heterocycles. The molecule has 1 fully saturated rings. The number of nitro groups is 1. The molecule has 0 spiro atoms. The van der Waals surface area contributed by atoms with Crippen LogP contribution in [-0.2, 0) is 6.54 Å². The summed E-state index contributed by atoms with van der Waals surface area (Å²) in [4.78, 5) is 11.6. The summed E-state index contributed by atoms with van der Waals surface area (Å²) in [5, 5.41) is 11.0. The maximum absolute atomic E-state index is 14.5. The first-order chi connectivity index (χ1) is 13.3. The summed E-state index contributed by atoms with van der Waals surface area (Å²) < 4.78 is 52.8. The summed E-state index contributed by atoms with van der Waals surface area (Å²) in [5.74, 6) is -2.49. The Balaban J connectivity index is 1.94. The van der Waals surface area contributed by atoms with Crippen LogP contribution in [0.3, 0.4) is 0 Å². The molecule has 28 heavy (non-hydrogen) atoms. The SMILES string of the molecule is COc1cc(F)c([N+](=O)[O-])cc1N(C)Cc1c(OCC2CC2)ccc(F)c1F. The Bertz CT molecular complexity index is 903. The van der Waals surface area contributed by atoms with Gasteiger partial charge >= 0.3 is 5.69 Å². The van der Waals surface area contributed by atoms with Gasteiger partial charge in [-0.1, -0.05) is 0 Å². The molecule has 0 bridgehead atoms. The van der Waals surface area contributed by atoms with E-state index in [1.807, 2.05) is 0 Å². The number of nitro benzene ring substituents is 1. The zero-order valence-electron chi connectivity index (χ0n) is 15.4. The van der Waals surface area contributed by atoms with Gasteiger partial charge in [-0.25, -0.2) is 8.78 Å². The van der Waals surface area contributed by atoms with Gasteiger partial charge in [-0.3, -0.25) is 10.1 Å². The maximum Gasteiger partial charge on any atom is 0.307 e. The Morgan fingerprint density at radius 1 is 1.18 bits per heavy atom. The Morgan fingerprint density at radius 3 is 2.50 bits per heavy atom. The lowest BCUT2D eigenvalue weighted by atomic mass is 10.1. The van der Waals surface area contributed by atoms with E-state index in [2.05, 4.69) is 0 Å². The highest BCUT2D eigenvalue weighted by Gasteiger charge is 2.25. The molecule has 3 rings (SSSR count). The number of benzene rings is 2. The van der Waals surface area contributed by atoms with Gasteiger partial charge < -0.3 is 14.4 Å². The predicted octanol–water partition coefficient (Wildman–Crippen LogP) is 4.45. The van der Waals surface area contributed by atoms with Crippen LogP contribution >= 0.6 is 0 Å². The Labute approximate surface area is 159 Å². The molecule has 0 atom stereocenters. The van der Waals surface area contributed by atoms with Crippen molar-refractivity contribution in [3.8, 4) is 11.5 Å². The Kier molecular flexibility index (Phi) is 5.62. The highest BCUT2D eigenvalue weighted by atomic mass is 19.2. The summed E-state index contributed by atoms with van der Waals surface area (Å²) in [6.07, 6.45) is 2.07. The third-order valence-electron chi connectivity index (χ3n) is 4.58. The van der Waals surface area contributed by atoms with Crippen LogP contribution in [0.25, 0.3) is 0 Å². The molecule has 0 radical (unpaired) electrons. The molecule has 150 valence electrons. The second-order valence-electron chi connectivity index (χ2n) is 6.68. The van der Waals surface area contributed by atoms with Crippen LogP contribution in [0.4, 0.5) is 24.5 Å². The fraction of sp³-hybridized carbons (Fsp3) is 0.368. The predicted molar refractivity (Wildman–Crippen MR) is 96.3 cm³/mol. The molecular formula is C19H19F3N2O4. The number of hydrogen-bond donors (Lipinski definition) is 0. The van der Waals surface area contributed by atoms with Crippen molar-refractivity contribution in [2.75, 3.05) is 25.7 Å². The van der Waals surface area contributed by atoms with Gasteiger partial charge in [0.25, 0.3) is 0 Å². The van der Waals surface area contributed by atoms with Crippen LogP contribution in [0.5, 0.6) is 11.5 Å². The largest absolute Gasteiger partial charge is 0.494 e. The lowest BCUT2D eigenvalue weighted by molar-refractivity contribution is -0.387. The summed E-state index contributed by atoms with van der Waals surface area (Å²) >= 11 is 0. The molecule has 0 amide bonds. The zero-order chi connectivity index (χ0) is 20.4. The van der Waals surface area contributed by atoms with Crippen LogP contribution in [0.15, 0.2) is 24.3 Å². The second-order valence-corrected chi connectivity index (χ2v) is 6.68. The van der Waals surface area contributed by atoms with Crippen LogP contribution in [0, 0.1) is 33.5 Å². The van der Waals surface area contributed by atoms with Crippen LogP contribution in [-0.4, -0.2) is 25.7 Å². The minimum absolute atomic E-state index is 0.0304. The Morgan fingerprint density at radius 2 is 1.89 bits per heavy atom. The number of ether oxygens (including phenoxy) is 2. The number of halogens is 3. The van der Waals surface area contributed by atoms with Gasteiger partial charge in [0, 0.05) is 25.7 Å². The van der Waals surface area contributed by atoms with Crippen molar-refractivity contribution < 1.29 is 27.6 Å². The van der Waals surface area contributed by atoms with E-state index < -0.39 is 28.1 Å². The number of methoxy groups -OCH3 is 1. The van der Waals surface area contributed by atoms with Gasteiger partial charge in [0.1, 0.15) is 11.5 Å². The molecule has 1 aliphatic carbocycles. The lowest BCUT2D eigenvalue weighted by Crippen LogP contribution is -2.20. The molecule has 2 aromatic carbocycles. The third kappa shape index (κ3) is 4.13. The summed E-state index contributed by atoms with van der Waals surface area (Å²) in [6, 6.07) is 4.23. The van der Waals surface area contributed by atoms with Gasteiger partial charge in [-0.2, -0.15) is 4.39 Å². The van der Waals surface area contributed by atoms with E-state index in [0.29, 0.717) is 12.5 Å². The van der Waals surface area contributed by atoms with Crippen LogP contribution in [0.1, 0.15) is 18.4 Å². The summed E-state index contributed by atoms with van der Waals surface area (Å²) in [5.41, 5.74) is -0.614. The first-order valence-corrected chi connectivity index (χ1v) is 8.64. The molecular weight excluding hydrogens is 377 g/mol. The van der Waals surface area contributed by atoms with Gasteiger partial charge in [0.2, 0.25) is 5.82 Å². The quantitative estimate of drug-likeness (QED) is 0.487. The van der Waals surface area contributed by atoms with E-state index in [4.69, 9.17) is 9.47 Å². The minimum Gasteiger partial charge on any atom is -0.494 e. The van der Waals surface area contributed by atoms with E-state index in [0.717, 1.165) is 31.0 Å². The van der Waals surface area contributed by atoms with E-state index in [9.17, 15) is 23.3 Å². The number of hydrogen-bond acceptors (Lipinski definition) is 5. The smallest absolute Gasteiger partial charge is 0.307 e. The highest BCUT2D eigenvalue weighted by molar-refractivity contribution is 5.64. The van der Waals surface area contributed by atoms with Gasteiger partial charge in [-0.05, 0) is 30.9 Å². The highest BCUT2D eigenvalue weighted by Crippen LogP contribution is 2.36. The van der Waals surface area contributed by atoms with Crippen LogP contribution in [0.2, 0.25) is 0 Å². The van der Waals surface area contributed by atoms with Crippen molar-refractivity contribution in [1.29, 1.82) is 0 Å².